The minimum absolute atomic E-state index is 0.272. The maximum Gasteiger partial charge on any atom is 0.332 e. The first kappa shape index (κ1) is 6.76. The lowest BCUT2D eigenvalue weighted by molar-refractivity contribution is -0.148. The van der Waals surface area contributed by atoms with Gasteiger partial charge < -0.3 is 4.84 Å². The molecule has 0 atom stereocenters. The van der Waals surface area contributed by atoms with Crippen LogP contribution in [0.2, 0.25) is 0 Å². The zero-order valence-corrected chi connectivity index (χ0v) is 4.47. The van der Waals surface area contributed by atoms with Crippen LogP contribution in [0, 0.1) is 11.5 Å². The van der Waals surface area contributed by atoms with Gasteiger partial charge in [-0.05, 0) is 0 Å². The molecular weight excluding hydrogens is 108 g/mol. The van der Waals surface area contributed by atoms with Gasteiger partial charge in [0.25, 0.3) is 0 Å². The summed E-state index contributed by atoms with van der Waals surface area (Å²) < 4.78 is 0. The van der Waals surface area contributed by atoms with Gasteiger partial charge in [-0.1, -0.05) is 6.92 Å². The maximum atomic E-state index is 10.1. The molecule has 0 rings (SSSR count). The number of hydroxylamine groups is 1. The van der Waals surface area contributed by atoms with E-state index in [1.54, 1.807) is 12.4 Å². The van der Waals surface area contributed by atoms with Crippen molar-refractivity contribution in [2.45, 2.75) is 13.3 Å². The summed E-state index contributed by atoms with van der Waals surface area (Å²) in [6.45, 7) is 1.64. The van der Waals surface area contributed by atoms with Crippen LogP contribution in [0.4, 0.5) is 0 Å². The van der Waals surface area contributed by atoms with E-state index in [-0.39, 0.29) is 6.42 Å². The molecule has 1 N–H and O–H groups in total. The number of nitrogens with zero attached hydrogens (tertiary/aromatic N) is 1. The van der Waals surface area contributed by atoms with Gasteiger partial charge >= 0.3 is 5.97 Å². The quantitative estimate of drug-likeness (QED) is 0.310. The van der Waals surface area contributed by atoms with Gasteiger partial charge in [0.15, 0.2) is 0 Å². The molecule has 0 saturated heterocycles. The highest BCUT2D eigenvalue weighted by Gasteiger charge is 1.93. The third-order valence-electron chi connectivity index (χ3n) is 0.499. The third-order valence-corrected chi connectivity index (χ3v) is 0.499. The highest BCUT2D eigenvalue weighted by Crippen LogP contribution is 1.76. The Balaban J connectivity index is 3.15. The molecule has 0 radical (unpaired) electrons. The third kappa shape index (κ3) is 2.97. The Labute approximate surface area is 47.0 Å². The molecular formula is C4H6N2O2. The van der Waals surface area contributed by atoms with E-state index in [4.69, 9.17) is 5.26 Å². The van der Waals surface area contributed by atoms with Gasteiger partial charge in [0.1, 0.15) is 0 Å². The molecule has 0 spiro atoms. The fourth-order valence-corrected chi connectivity index (χ4v) is 0.152. The van der Waals surface area contributed by atoms with E-state index >= 15 is 0 Å². The molecule has 44 valence electrons. The van der Waals surface area contributed by atoms with Crippen LogP contribution in [0.5, 0.6) is 0 Å². The molecule has 0 aliphatic rings. The first-order valence-corrected chi connectivity index (χ1v) is 2.15. The van der Waals surface area contributed by atoms with Crippen molar-refractivity contribution >= 4 is 5.97 Å². The van der Waals surface area contributed by atoms with E-state index < -0.39 is 5.97 Å². The summed E-state index contributed by atoms with van der Waals surface area (Å²) in [6, 6.07) is 0. The van der Waals surface area contributed by atoms with Crippen molar-refractivity contribution in [1.82, 2.24) is 5.48 Å². The van der Waals surface area contributed by atoms with Crippen molar-refractivity contribution in [3.8, 4) is 6.19 Å². The van der Waals surface area contributed by atoms with Gasteiger partial charge in [0.05, 0.1) is 0 Å². The zero-order valence-electron chi connectivity index (χ0n) is 4.47. The van der Waals surface area contributed by atoms with E-state index in [2.05, 4.69) is 4.84 Å². The van der Waals surface area contributed by atoms with Crippen LogP contribution in [0.25, 0.3) is 0 Å². The number of nitrogens with one attached hydrogen (secondary N) is 1. The molecule has 0 amide bonds. The van der Waals surface area contributed by atoms with Crippen molar-refractivity contribution < 1.29 is 9.63 Å². The van der Waals surface area contributed by atoms with E-state index in [1.165, 1.54) is 6.19 Å². The number of nitriles is 1. The molecule has 0 heterocycles. The summed E-state index contributed by atoms with van der Waals surface area (Å²) in [4.78, 5) is 14.2. The number of hydrogen-bond acceptors (Lipinski definition) is 4. The van der Waals surface area contributed by atoms with Crippen molar-refractivity contribution in [3.05, 3.63) is 0 Å². The fraction of sp³-hybridized carbons (Fsp3) is 0.500. The summed E-state index contributed by atoms with van der Waals surface area (Å²) in [5.41, 5.74) is 1.75. The van der Waals surface area contributed by atoms with Crippen LogP contribution < -0.4 is 5.48 Å². The summed E-state index contributed by atoms with van der Waals surface area (Å²) in [5.74, 6) is -0.438. The lowest BCUT2D eigenvalue weighted by Gasteiger charge is -1.92. The number of rotatable bonds is 2. The predicted octanol–water partition coefficient (Wildman–Crippen LogP) is -0.0747. The second-order valence-electron chi connectivity index (χ2n) is 1.04. The van der Waals surface area contributed by atoms with Gasteiger partial charge in [-0.3, -0.25) is 0 Å². The summed E-state index contributed by atoms with van der Waals surface area (Å²) in [7, 11) is 0. The zero-order chi connectivity index (χ0) is 6.41. The van der Waals surface area contributed by atoms with Gasteiger partial charge in [-0.2, -0.15) is 10.7 Å². The second kappa shape index (κ2) is 3.93. The standard InChI is InChI=1S/C4H6N2O2/c1-2-4(7)8-6-3-5/h6H,2H2,1H3. The molecule has 0 unspecified atom stereocenters. The maximum absolute atomic E-state index is 10.1. The SMILES string of the molecule is CCC(=O)ONC#N. The molecule has 0 aliphatic heterocycles. The lowest BCUT2D eigenvalue weighted by Crippen LogP contribution is -2.12. The highest BCUT2D eigenvalue weighted by atomic mass is 16.7. The summed E-state index contributed by atoms with van der Waals surface area (Å²) >= 11 is 0. The molecule has 0 aromatic rings. The molecule has 0 aromatic carbocycles. The topological polar surface area (TPSA) is 62.1 Å². The Morgan fingerprint density at radius 3 is 3.00 bits per heavy atom. The van der Waals surface area contributed by atoms with Crippen molar-refractivity contribution in [2.75, 3.05) is 0 Å². The minimum Gasteiger partial charge on any atom is -0.334 e. The van der Waals surface area contributed by atoms with Crippen LogP contribution in [0.1, 0.15) is 13.3 Å². The molecule has 0 aliphatic carbocycles. The fourth-order valence-electron chi connectivity index (χ4n) is 0.152. The Hall–Kier alpha value is -1.24. The minimum atomic E-state index is -0.438. The number of carbonyl (C=O) groups is 1. The highest BCUT2D eigenvalue weighted by molar-refractivity contribution is 5.68. The van der Waals surface area contributed by atoms with E-state index in [0.717, 1.165) is 0 Å². The molecule has 8 heavy (non-hydrogen) atoms. The lowest BCUT2D eigenvalue weighted by atomic mass is 10.5. The largest absolute Gasteiger partial charge is 0.334 e. The molecule has 4 heteroatoms. The van der Waals surface area contributed by atoms with Crippen molar-refractivity contribution in [2.24, 2.45) is 0 Å². The van der Waals surface area contributed by atoms with Gasteiger partial charge in [-0.15, -0.1) is 0 Å². The van der Waals surface area contributed by atoms with Crippen LogP contribution >= 0.6 is 0 Å². The van der Waals surface area contributed by atoms with Crippen molar-refractivity contribution in [3.63, 3.8) is 0 Å². The average Bonchev–Trinajstić information content (AvgIpc) is 1.83. The number of hydrogen-bond donors (Lipinski definition) is 1. The van der Waals surface area contributed by atoms with E-state index in [9.17, 15) is 4.79 Å². The summed E-state index contributed by atoms with van der Waals surface area (Å²) in [5, 5.41) is 7.77. The molecule has 4 nitrogen and oxygen atoms in total. The van der Waals surface area contributed by atoms with Gasteiger partial charge in [0, 0.05) is 6.42 Å². The number of carbonyl (C=O) groups excluding carboxylic acids is 1. The molecule has 0 fully saturated rings. The van der Waals surface area contributed by atoms with E-state index in [0.29, 0.717) is 0 Å². The Morgan fingerprint density at radius 2 is 2.62 bits per heavy atom. The second-order valence-corrected chi connectivity index (χ2v) is 1.04. The van der Waals surface area contributed by atoms with Crippen LogP contribution in [0.15, 0.2) is 0 Å². The first-order valence-electron chi connectivity index (χ1n) is 2.15. The Bertz CT molecular complexity index is 116. The van der Waals surface area contributed by atoms with Gasteiger partial charge in [0.2, 0.25) is 6.19 Å². The Morgan fingerprint density at radius 1 is 2.00 bits per heavy atom. The average molecular weight is 114 g/mol. The van der Waals surface area contributed by atoms with Crippen molar-refractivity contribution in [1.29, 1.82) is 5.26 Å². The van der Waals surface area contributed by atoms with Crippen LogP contribution in [-0.2, 0) is 9.63 Å². The predicted molar refractivity (Wildman–Crippen MR) is 25.1 cm³/mol. The normalized spacial score (nSPS) is 7.00. The van der Waals surface area contributed by atoms with Crippen LogP contribution in [0.3, 0.4) is 0 Å². The molecule has 0 saturated carbocycles. The van der Waals surface area contributed by atoms with Gasteiger partial charge in [-0.25, -0.2) is 4.79 Å². The molecule has 0 aromatic heterocycles. The Kier molecular flexibility index (Phi) is 3.32. The van der Waals surface area contributed by atoms with E-state index in [1.807, 2.05) is 0 Å². The summed E-state index contributed by atoms with van der Waals surface area (Å²) in [6.07, 6.45) is 1.71. The first-order chi connectivity index (χ1) is 3.81. The molecule has 0 bridgehead atoms. The van der Waals surface area contributed by atoms with Crippen LogP contribution in [-0.4, -0.2) is 5.97 Å². The smallest absolute Gasteiger partial charge is 0.332 e. The monoisotopic (exact) mass is 114 g/mol.